The predicted molar refractivity (Wildman–Crippen MR) is 102 cm³/mol. The van der Waals surface area contributed by atoms with Crippen LogP contribution in [0, 0.1) is 0 Å². The molecule has 2 aromatic carbocycles. The number of amides is 1. The number of methoxy groups -OCH3 is 1. The molecular weight excluding hydrogens is 387 g/mol. The van der Waals surface area contributed by atoms with Gasteiger partial charge in [0.05, 0.1) is 12.7 Å². The molecule has 1 N–H and O–H groups in total. The van der Waals surface area contributed by atoms with Crippen molar-refractivity contribution >= 4 is 17.6 Å². The maximum absolute atomic E-state index is 13.5. The van der Waals surface area contributed by atoms with Crippen LogP contribution in [0.4, 0.5) is 18.9 Å². The van der Waals surface area contributed by atoms with Gasteiger partial charge in [-0.25, -0.2) is 0 Å². The topological polar surface area (TPSA) is 66.8 Å². The number of anilines is 1. The first-order valence-corrected chi connectivity index (χ1v) is 9.05. The minimum absolute atomic E-state index is 0.0729. The minimum Gasteiger partial charge on any atom is -0.497 e. The Hall–Kier alpha value is -3.03. The van der Waals surface area contributed by atoms with Gasteiger partial charge in [-0.3, -0.25) is 9.59 Å². The maximum Gasteiger partial charge on any atom is 0.416 e. The van der Waals surface area contributed by atoms with E-state index < -0.39 is 30.0 Å². The van der Waals surface area contributed by atoms with Crippen LogP contribution in [0.1, 0.15) is 41.3 Å². The molecule has 0 bridgehead atoms. The molecule has 29 heavy (non-hydrogen) atoms. The highest BCUT2D eigenvalue weighted by Crippen LogP contribution is 2.37. The van der Waals surface area contributed by atoms with E-state index in [0.717, 1.165) is 6.07 Å². The van der Waals surface area contributed by atoms with Crippen molar-refractivity contribution in [1.29, 1.82) is 0 Å². The van der Waals surface area contributed by atoms with Crippen molar-refractivity contribution in [3.05, 3.63) is 59.2 Å². The fourth-order valence-electron chi connectivity index (χ4n) is 3.03. The van der Waals surface area contributed by atoms with E-state index in [0.29, 0.717) is 17.7 Å². The van der Waals surface area contributed by atoms with Gasteiger partial charge >= 0.3 is 12.1 Å². The number of rotatable bonds is 8. The van der Waals surface area contributed by atoms with Crippen molar-refractivity contribution in [3.63, 3.8) is 0 Å². The lowest BCUT2D eigenvalue weighted by Crippen LogP contribution is -2.33. The number of alkyl halides is 3. The number of aliphatic carboxylic acids is 1. The standard InChI is InChI=1S/C21H22F3NO4/c1-3-13-25(20(28)14-7-9-15(29-2)10-8-14)18-6-4-5-17(21(22,23)24)16(18)11-12-19(26)27/h4-10H,3,11-13H2,1-2H3,(H,26,27). The number of hydrogen-bond acceptors (Lipinski definition) is 3. The summed E-state index contributed by atoms with van der Waals surface area (Å²) in [7, 11) is 1.48. The Morgan fingerprint density at radius 3 is 2.28 bits per heavy atom. The van der Waals surface area contributed by atoms with Crippen LogP contribution in [0.25, 0.3) is 0 Å². The van der Waals surface area contributed by atoms with E-state index in [4.69, 9.17) is 9.84 Å². The third-order valence-electron chi connectivity index (χ3n) is 4.37. The maximum atomic E-state index is 13.5. The van der Waals surface area contributed by atoms with Gasteiger partial charge in [-0.15, -0.1) is 0 Å². The van der Waals surface area contributed by atoms with Gasteiger partial charge in [-0.2, -0.15) is 13.2 Å². The molecule has 0 atom stereocenters. The van der Waals surface area contributed by atoms with Crippen LogP contribution in [0.15, 0.2) is 42.5 Å². The highest BCUT2D eigenvalue weighted by atomic mass is 19.4. The lowest BCUT2D eigenvalue weighted by atomic mass is 9.98. The monoisotopic (exact) mass is 409 g/mol. The predicted octanol–water partition coefficient (Wildman–Crippen LogP) is 4.79. The number of nitrogens with zero attached hydrogens (tertiary/aromatic N) is 1. The molecule has 156 valence electrons. The first-order chi connectivity index (χ1) is 13.7. The third kappa shape index (κ3) is 5.49. The van der Waals surface area contributed by atoms with Gasteiger partial charge in [0, 0.05) is 24.2 Å². The summed E-state index contributed by atoms with van der Waals surface area (Å²) in [6.07, 6.45) is -4.96. The molecule has 0 aliphatic heterocycles. The molecule has 5 nitrogen and oxygen atoms in total. The molecule has 0 fully saturated rings. The van der Waals surface area contributed by atoms with Crippen LogP contribution < -0.4 is 9.64 Å². The van der Waals surface area contributed by atoms with E-state index >= 15 is 0 Å². The molecule has 0 saturated heterocycles. The molecule has 2 aromatic rings. The summed E-state index contributed by atoms with van der Waals surface area (Å²) in [4.78, 5) is 25.3. The Bertz CT molecular complexity index is 863. The molecule has 8 heteroatoms. The quantitative estimate of drug-likeness (QED) is 0.681. The van der Waals surface area contributed by atoms with Crippen molar-refractivity contribution < 1.29 is 32.6 Å². The molecule has 0 unspecified atom stereocenters. The first kappa shape index (κ1) is 22.3. The van der Waals surface area contributed by atoms with Crippen LogP contribution in [0.3, 0.4) is 0 Å². The van der Waals surface area contributed by atoms with Gasteiger partial charge in [-0.05, 0) is 54.8 Å². The molecular formula is C21H22F3NO4. The van der Waals surface area contributed by atoms with Crippen LogP contribution in [0.5, 0.6) is 5.75 Å². The number of carboxylic acid groups (broad SMARTS) is 1. The zero-order chi connectivity index (χ0) is 21.6. The smallest absolute Gasteiger partial charge is 0.416 e. The van der Waals surface area contributed by atoms with E-state index in [1.807, 2.05) is 0 Å². The van der Waals surface area contributed by atoms with Gasteiger partial charge in [0.2, 0.25) is 0 Å². The number of carbonyl (C=O) groups excluding carboxylic acids is 1. The first-order valence-electron chi connectivity index (χ1n) is 9.05. The van der Waals surface area contributed by atoms with E-state index in [1.54, 1.807) is 19.1 Å². The van der Waals surface area contributed by atoms with E-state index in [1.165, 1.54) is 36.3 Å². The number of carbonyl (C=O) groups is 2. The highest BCUT2D eigenvalue weighted by Gasteiger charge is 2.35. The van der Waals surface area contributed by atoms with Crippen molar-refractivity contribution in [2.24, 2.45) is 0 Å². The second-order valence-electron chi connectivity index (χ2n) is 6.38. The Balaban J connectivity index is 2.55. The largest absolute Gasteiger partial charge is 0.497 e. The fraction of sp³-hybridized carbons (Fsp3) is 0.333. The molecule has 0 aromatic heterocycles. The van der Waals surface area contributed by atoms with Gasteiger partial charge in [-0.1, -0.05) is 13.0 Å². The number of halogens is 3. The highest BCUT2D eigenvalue weighted by molar-refractivity contribution is 6.06. The summed E-state index contributed by atoms with van der Waals surface area (Å²) in [5.41, 5.74) is -0.762. The molecule has 1 amide bonds. The number of ether oxygens (including phenoxy) is 1. The van der Waals surface area contributed by atoms with Crippen LogP contribution in [-0.4, -0.2) is 30.6 Å². The Labute approximate surface area is 166 Å². The summed E-state index contributed by atoms with van der Waals surface area (Å²) >= 11 is 0. The van der Waals surface area contributed by atoms with Crippen LogP contribution >= 0.6 is 0 Å². The van der Waals surface area contributed by atoms with Crippen molar-refractivity contribution in [1.82, 2.24) is 0 Å². The molecule has 0 aliphatic rings. The summed E-state index contributed by atoms with van der Waals surface area (Å²) in [6, 6.07) is 9.81. The lowest BCUT2D eigenvalue weighted by Gasteiger charge is -2.27. The summed E-state index contributed by atoms with van der Waals surface area (Å²) in [5.74, 6) is -1.13. The molecule has 0 aliphatic carbocycles. The van der Waals surface area contributed by atoms with Gasteiger partial charge in [0.25, 0.3) is 5.91 Å². The van der Waals surface area contributed by atoms with Gasteiger partial charge < -0.3 is 14.7 Å². The number of hydrogen-bond donors (Lipinski definition) is 1. The average molecular weight is 409 g/mol. The molecule has 0 radical (unpaired) electrons. The summed E-state index contributed by atoms with van der Waals surface area (Å²) in [5, 5.41) is 8.96. The third-order valence-corrected chi connectivity index (χ3v) is 4.37. The van der Waals surface area contributed by atoms with Crippen molar-refractivity contribution in [2.75, 3.05) is 18.6 Å². The molecule has 2 rings (SSSR count). The SMILES string of the molecule is CCCN(C(=O)c1ccc(OC)cc1)c1cccc(C(F)(F)F)c1CCC(=O)O. The van der Waals surface area contributed by atoms with Gasteiger partial charge in [0.15, 0.2) is 0 Å². The molecule has 0 saturated carbocycles. The zero-order valence-electron chi connectivity index (χ0n) is 16.1. The minimum atomic E-state index is -4.66. The Morgan fingerprint density at radius 1 is 1.10 bits per heavy atom. The van der Waals surface area contributed by atoms with Crippen molar-refractivity contribution in [2.45, 2.75) is 32.4 Å². The van der Waals surface area contributed by atoms with Crippen LogP contribution in [-0.2, 0) is 17.4 Å². The summed E-state index contributed by atoms with van der Waals surface area (Å²) < 4.78 is 45.7. The van der Waals surface area contributed by atoms with E-state index in [9.17, 15) is 22.8 Å². The molecule has 0 heterocycles. The van der Waals surface area contributed by atoms with Crippen molar-refractivity contribution in [3.8, 4) is 5.75 Å². The zero-order valence-corrected chi connectivity index (χ0v) is 16.1. The fourth-order valence-corrected chi connectivity index (χ4v) is 3.03. The number of benzene rings is 2. The second-order valence-corrected chi connectivity index (χ2v) is 6.38. The summed E-state index contributed by atoms with van der Waals surface area (Å²) in [6.45, 7) is 1.99. The van der Waals surface area contributed by atoms with Crippen LogP contribution in [0.2, 0.25) is 0 Å². The molecule has 0 spiro atoms. The Morgan fingerprint density at radius 2 is 1.76 bits per heavy atom. The van der Waals surface area contributed by atoms with E-state index in [-0.39, 0.29) is 24.2 Å². The second kappa shape index (κ2) is 9.45. The van der Waals surface area contributed by atoms with Gasteiger partial charge in [0.1, 0.15) is 5.75 Å². The number of carboxylic acids is 1. The van der Waals surface area contributed by atoms with E-state index in [2.05, 4.69) is 0 Å². The normalized spacial score (nSPS) is 11.2. The Kier molecular flexibility index (Phi) is 7.25. The lowest BCUT2D eigenvalue weighted by molar-refractivity contribution is -0.140. The average Bonchev–Trinajstić information content (AvgIpc) is 2.69.